The van der Waals surface area contributed by atoms with Gasteiger partial charge in [0.25, 0.3) is 0 Å². The summed E-state index contributed by atoms with van der Waals surface area (Å²) in [5, 5.41) is 17.7. The summed E-state index contributed by atoms with van der Waals surface area (Å²) in [5.74, 6) is 0.184. The number of amides is 1. The highest BCUT2D eigenvalue weighted by Gasteiger charge is 2.19. The third-order valence-electron chi connectivity index (χ3n) is 4.41. The molecule has 0 radical (unpaired) electrons. The Labute approximate surface area is 153 Å². The molecule has 9 heteroatoms. The zero-order chi connectivity index (χ0) is 18.8. The predicted octanol–water partition coefficient (Wildman–Crippen LogP) is 1.15. The molecule has 1 saturated heterocycles. The van der Waals surface area contributed by atoms with Crippen molar-refractivity contribution in [2.75, 3.05) is 44.2 Å². The minimum atomic E-state index is -0.836. The van der Waals surface area contributed by atoms with Crippen molar-refractivity contribution in [3.8, 4) is 6.19 Å². The van der Waals surface area contributed by atoms with Gasteiger partial charge < -0.3 is 20.6 Å². The van der Waals surface area contributed by atoms with Gasteiger partial charge in [0.1, 0.15) is 0 Å². The van der Waals surface area contributed by atoms with Gasteiger partial charge in [-0.2, -0.15) is 5.26 Å². The Morgan fingerprint density at radius 1 is 1.27 bits per heavy atom. The van der Waals surface area contributed by atoms with Crippen molar-refractivity contribution in [3.63, 3.8) is 0 Å². The first kappa shape index (κ1) is 19.5. The van der Waals surface area contributed by atoms with Crippen LogP contribution in [0.1, 0.15) is 19.3 Å². The average molecular weight is 359 g/mol. The lowest BCUT2D eigenvalue weighted by molar-refractivity contribution is 0.105. The minimum absolute atomic E-state index is 0.184. The molecule has 9 nitrogen and oxygen atoms in total. The summed E-state index contributed by atoms with van der Waals surface area (Å²) in [6.45, 7) is 4.37. The van der Waals surface area contributed by atoms with Gasteiger partial charge in [0.15, 0.2) is 0 Å². The van der Waals surface area contributed by atoms with Crippen molar-refractivity contribution in [1.82, 2.24) is 14.8 Å². The standard InChI is InChI=1S/C17H25N7O2/c18-14-21-16(19)24(15-4-6-20-7-5-15)9-3-1-2-8-22-10-12-23(13-11-22)17(25)26/h4-7H,1-3,8-13H2,(H2,19,21)(H,25,26). The van der Waals surface area contributed by atoms with Gasteiger partial charge in [-0.3, -0.25) is 9.88 Å². The molecule has 1 aliphatic heterocycles. The lowest BCUT2D eigenvalue weighted by atomic mass is 10.2. The lowest BCUT2D eigenvalue weighted by Gasteiger charge is -2.33. The fourth-order valence-corrected chi connectivity index (χ4v) is 2.96. The maximum atomic E-state index is 10.9. The van der Waals surface area contributed by atoms with Crippen LogP contribution < -0.4 is 10.6 Å². The van der Waals surface area contributed by atoms with Crippen LogP contribution in [0, 0.1) is 11.5 Å². The fraction of sp³-hybridized carbons (Fsp3) is 0.529. The van der Waals surface area contributed by atoms with Crippen LogP contribution in [0.2, 0.25) is 0 Å². The SMILES string of the molecule is N#CN=C(N)N(CCCCCN1CCN(C(=O)O)CC1)c1ccncc1. The summed E-state index contributed by atoms with van der Waals surface area (Å²) < 4.78 is 0. The van der Waals surface area contributed by atoms with E-state index in [1.807, 2.05) is 17.0 Å². The summed E-state index contributed by atoms with van der Waals surface area (Å²) in [6.07, 6.45) is 7.21. The smallest absolute Gasteiger partial charge is 0.407 e. The molecule has 0 saturated carbocycles. The van der Waals surface area contributed by atoms with Crippen molar-refractivity contribution < 1.29 is 9.90 Å². The molecule has 1 aliphatic rings. The summed E-state index contributed by atoms with van der Waals surface area (Å²) in [5.41, 5.74) is 6.76. The van der Waals surface area contributed by atoms with E-state index in [0.29, 0.717) is 19.6 Å². The van der Waals surface area contributed by atoms with Crippen LogP contribution in [-0.4, -0.2) is 71.2 Å². The van der Waals surface area contributed by atoms with Crippen LogP contribution in [0.15, 0.2) is 29.5 Å². The van der Waals surface area contributed by atoms with Gasteiger partial charge in [0, 0.05) is 50.8 Å². The molecular weight excluding hydrogens is 334 g/mol. The molecule has 0 atom stereocenters. The molecule has 140 valence electrons. The summed E-state index contributed by atoms with van der Waals surface area (Å²) >= 11 is 0. The van der Waals surface area contributed by atoms with Crippen LogP contribution in [-0.2, 0) is 0 Å². The zero-order valence-electron chi connectivity index (χ0n) is 14.8. The number of aliphatic imine (C=N–C) groups is 1. The second-order valence-corrected chi connectivity index (χ2v) is 6.10. The number of hydrogen-bond donors (Lipinski definition) is 2. The van der Waals surface area contributed by atoms with E-state index in [4.69, 9.17) is 16.1 Å². The number of nitrogens with zero attached hydrogens (tertiary/aromatic N) is 6. The first-order valence-corrected chi connectivity index (χ1v) is 8.72. The van der Waals surface area contributed by atoms with Crippen LogP contribution in [0.25, 0.3) is 0 Å². The van der Waals surface area contributed by atoms with E-state index in [0.717, 1.165) is 44.6 Å². The number of aromatic nitrogens is 1. The highest BCUT2D eigenvalue weighted by Crippen LogP contribution is 2.14. The molecule has 2 rings (SSSR count). The van der Waals surface area contributed by atoms with Crippen molar-refractivity contribution in [1.29, 1.82) is 5.26 Å². The molecule has 0 spiro atoms. The monoisotopic (exact) mass is 359 g/mol. The summed E-state index contributed by atoms with van der Waals surface area (Å²) in [6, 6.07) is 3.67. The molecule has 2 heterocycles. The Morgan fingerprint density at radius 3 is 2.58 bits per heavy atom. The number of nitriles is 1. The zero-order valence-corrected chi connectivity index (χ0v) is 14.8. The summed E-state index contributed by atoms with van der Waals surface area (Å²) in [4.78, 5) is 24.1. The third kappa shape index (κ3) is 5.89. The van der Waals surface area contributed by atoms with Gasteiger partial charge in [0.05, 0.1) is 0 Å². The number of piperazine rings is 1. The van der Waals surface area contributed by atoms with E-state index in [-0.39, 0.29) is 5.96 Å². The van der Waals surface area contributed by atoms with E-state index in [1.54, 1.807) is 18.6 Å². The maximum Gasteiger partial charge on any atom is 0.407 e. The van der Waals surface area contributed by atoms with Gasteiger partial charge in [-0.05, 0) is 31.5 Å². The van der Waals surface area contributed by atoms with Gasteiger partial charge in [-0.1, -0.05) is 6.42 Å². The lowest BCUT2D eigenvalue weighted by Crippen LogP contribution is -2.48. The van der Waals surface area contributed by atoms with Crippen molar-refractivity contribution in [2.24, 2.45) is 10.7 Å². The molecule has 3 N–H and O–H groups in total. The number of unbranched alkanes of at least 4 members (excludes halogenated alkanes) is 2. The molecular formula is C17H25N7O2. The average Bonchev–Trinajstić information content (AvgIpc) is 2.66. The van der Waals surface area contributed by atoms with Gasteiger partial charge in [-0.15, -0.1) is 4.99 Å². The van der Waals surface area contributed by atoms with Crippen LogP contribution in [0.3, 0.4) is 0 Å². The largest absolute Gasteiger partial charge is 0.465 e. The maximum absolute atomic E-state index is 10.9. The Morgan fingerprint density at radius 2 is 1.96 bits per heavy atom. The number of rotatable bonds is 7. The second kappa shape index (κ2) is 10.2. The number of hydrogen-bond acceptors (Lipinski definition) is 5. The van der Waals surface area contributed by atoms with E-state index in [1.165, 1.54) is 4.90 Å². The fourth-order valence-electron chi connectivity index (χ4n) is 2.96. The van der Waals surface area contributed by atoms with E-state index >= 15 is 0 Å². The van der Waals surface area contributed by atoms with Crippen LogP contribution >= 0.6 is 0 Å². The molecule has 0 bridgehead atoms. The molecule has 1 aromatic heterocycles. The summed E-state index contributed by atoms with van der Waals surface area (Å²) in [7, 11) is 0. The normalized spacial score (nSPS) is 15.5. The number of nitrogens with two attached hydrogens (primary N) is 1. The number of pyridine rings is 1. The third-order valence-corrected chi connectivity index (χ3v) is 4.41. The quantitative estimate of drug-likeness (QED) is 0.324. The van der Waals surface area contributed by atoms with E-state index < -0.39 is 6.09 Å². The molecule has 1 amide bonds. The van der Waals surface area contributed by atoms with Crippen LogP contribution in [0.4, 0.5) is 10.5 Å². The Balaban J connectivity index is 1.72. The Kier molecular flexibility index (Phi) is 7.64. The first-order valence-electron chi connectivity index (χ1n) is 8.72. The Bertz CT molecular complexity index is 636. The molecule has 0 aliphatic carbocycles. The number of anilines is 1. The number of carboxylic acid groups (broad SMARTS) is 1. The van der Waals surface area contributed by atoms with Crippen LogP contribution in [0.5, 0.6) is 0 Å². The topological polar surface area (TPSA) is 122 Å². The second-order valence-electron chi connectivity index (χ2n) is 6.10. The molecule has 26 heavy (non-hydrogen) atoms. The minimum Gasteiger partial charge on any atom is -0.465 e. The van der Waals surface area contributed by atoms with Gasteiger partial charge in [-0.25, -0.2) is 4.79 Å². The predicted molar refractivity (Wildman–Crippen MR) is 98.7 cm³/mol. The molecule has 0 unspecified atom stereocenters. The van der Waals surface area contributed by atoms with Gasteiger partial charge >= 0.3 is 6.09 Å². The number of guanidine groups is 1. The molecule has 1 aromatic rings. The highest BCUT2D eigenvalue weighted by molar-refractivity contribution is 5.95. The van der Waals surface area contributed by atoms with Crippen molar-refractivity contribution in [2.45, 2.75) is 19.3 Å². The van der Waals surface area contributed by atoms with E-state index in [9.17, 15) is 4.79 Å². The first-order chi connectivity index (χ1) is 12.6. The van der Waals surface area contributed by atoms with E-state index in [2.05, 4.69) is 14.9 Å². The molecule has 0 aromatic carbocycles. The van der Waals surface area contributed by atoms with Crippen molar-refractivity contribution >= 4 is 17.7 Å². The van der Waals surface area contributed by atoms with Gasteiger partial charge in [0.2, 0.25) is 12.2 Å². The Hall–Kier alpha value is -2.86. The number of carbonyl (C=O) groups is 1. The molecule has 1 fully saturated rings. The van der Waals surface area contributed by atoms with Crippen molar-refractivity contribution in [3.05, 3.63) is 24.5 Å². The highest BCUT2D eigenvalue weighted by atomic mass is 16.4.